The van der Waals surface area contributed by atoms with Gasteiger partial charge in [0, 0.05) is 101 Å². The molecule has 0 amide bonds. The van der Waals surface area contributed by atoms with Crippen LogP contribution in [-0.2, 0) is 6.42 Å². The number of rotatable bonds is 18. The number of hydrogen-bond donors (Lipinski definition) is 7. The van der Waals surface area contributed by atoms with Gasteiger partial charge in [-0.3, -0.25) is 28.8 Å². The summed E-state index contributed by atoms with van der Waals surface area (Å²) in [4.78, 5) is 142. The van der Waals surface area contributed by atoms with Crippen molar-refractivity contribution in [1.29, 1.82) is 0 Å². The van der Waals surface area contributed by atoms with E-state index in [4.69, 9.17) is 27.2 Å². The number of fused-ring (bicyclic) bond motifs is 4. The van der Waals surface area contributed by atoms with E-state index < -0.39 is 208 Å². The van der Waals surface area contributed by atoms with Gasteiger partial charge in [0.05, 0.1) is 89.2 Å². The number of carbonyl (C=O) groups is 6. The molecule has 8 heterocycles. The molecule has 142 heavy (non-hydrogen) atoms. The molecule has 5 aliphatic rings. The smallest absolute Gasteiger partial charge is 0.387 e. The van der Waals surface area contributed by atoms with Crippen LogP contribution in [0.3, 0.4) is 0 Å². The van der Waals surface area contributed by atoms with Gasteiger partial charge in [0.15, 0.2) is 17.4 Å². The lowest BCUT2D eigenvalue weighted by atomic mass is 9.87. The molecule has 6 unspecified atom stereocenters. The fourth-order valence-electron chi connectivity index (χ4n) is 18.0. The average Bonchev–Trinajstić information content (AvgIpc) is 1.62. The number of nitrogens with zero attached hydrogens (tertiary/aromatic N) is 6. The normalized spacial score (nSPS) is 16.6. The Kier molecular flexibility index (Phi) is 29.6. The van der Waals surface area contributed by atoms with E-state index in [1.807, 2.05) is 46.1 Å². The van der Waals surface area contributed by atoms with Gasteiger partial charge in [0.2, 0.25) is 32.6 Å². The van der Waals surface area contributed by atoms with E-state index in [0.717, 1.165) is 95.1 Å². The monoisotopic (exact) mass is 2010 g/mol. The molecule has 0 spiro atoms. The Morgan fingerprint density at radius 1 is 0.423 bits per heavy atom. The zero-order chi connectivity index (χ0) is 105. The number of nitrogen functional groups attached to an aromatic ring is 1. The maximum Gasteiger partial charge on any atom is 0.387 e. The van der Waals surface area contributed by atoms with Crippen molar-refractivity contribution in [3.8, 4) is 17.2 Å². The maximum atomic E-state index is 14.9. The molecule has 2 aliphatic heterocycles. The van der Waals surface area contributed by atoms with Crippen molar-refractivity contribution in [2.75, 3.05) is 12.3 Å². The Bertz CT molecular complexity index is 7780. The summed E-state index contributed by atoms with van der Waals surface area (Å²) in [5.74, 6) is -17.3. The minimum Gasteiger partial charge on any atom is -0.489 e. The van der Waals surface area contributed by atoms with Crippen molar-refractivity contribution >= 4 is 119 Å². The van der Waals surface area contributed by atoms with Gasteiger partial charge in [-0.15, -0.1) is 0 Å². The molecule has 7 aromatic carbocycles. The summed E-state index contributed by atoms with van der Waals surface area (Å²) < 4.78 is 201. The van der Waals surface area contributed by atoms with Crippen molar-refractivity contribution in [1.82, 2.24) is 27.4 Å². The third-order valence-corrected chi connectivity index (χ3v) is 25.6. The minimum absolute atomic E-state index is 0.00973. The predicted octanol–water partition coefficient (Wildman–Crippen LogP) is 21.4. The van der Waals surface area contributed by atoms with E-state index in [2.05, 4.69) is 4.74 Å². The lowest BCUT2D eigenvalue weighted by Crippen LogP contribution is -2.27. The van der Waals surface area contributed by atoms with Crippen LogP contribution >= 0.6 is 11.6 Å². The summed E-state index contributed by atoms with van der Waals surface area (Å²) >= 11 is 6.30. The number of nitrogens with two attached hydrogens (primary N) is 1. The van der Waals surface area contributed by atoms with E-state index in [0.29, 0.717) is 47.0 Å². The first-order chi connectivity index (χ1) is 66.5. The molecular weight excluding hydrogens is 1910 g/mol. The van der Waals surface area contributed by atoms with E-state index >= 15 is 0 Å². The highest BCUT2D eigenvalue weighted by molar-refractivity contribution is 6.36. The molecule has 3 saturated carbocycles. The minimum atomic E-state index is -3.31. The number of carboxylic acid groups (broad SMARTS) is 6. The van der Waals surface area contributed by atoms with Crippen LogP contribution < -0.4 is 47.8 Å². The van der Waals surface area contributed by atoms with Gasteiger partial charge in [-0.05, 0) is 140 Å². The van der Waals surface area contributed by atoms with Gasteiger partial charge in [-0.25, -0.2) is 77.1 Å². The SMILES string of the molecule is CC(C)c1c(F)c(N)c2c(=O)c(C(=O)O)cn(C3CC3)c2c1F.CC(C)c1c(F)cc2c(=O)c(C(=O)O)cn(C3CC3F)c2c1Cl.CC(C)c1c(F)cc2c(=O)c(C(=O)O)cn(C3CC3F)c2c1OC(F)F.CC(C)c1c(F)cc2c(=O)c(C(=O)O)cn3c2c1CCC3C.CC(C)c1c(F)cc2c(=O)c(C(=O)O)cn3c2c1OCC3C.CC(C)c1cc2c(cc1F)c(=O)c(C(=O)O)cn2-c1ccc(F)cc1F. The Balaban J connectivity index is 0.000000143. The summed E-state index contributed by atoms with van der Waals surface area (Å²) in [6, 6.07) is 7.66. The second-order valence-corrected chi connectivity index (χ2v) is 37.4. The van der Waals surface area contributed by atoms with Crippen molar-refractivity contribution in [2.24, 2.45) is 0 Å². The van der Waals surface area contributed by atoms with Crippen LogP contribution in [0.15, 0.2) is 121 Å². The molecule has 3 aliphatic carbocycles. The maximum absolute atomic E-state index is 14.9. The standard InChI is InChI=1S/C19H14F3NO3.C17H15F4NO4.C17H18FNO3.C16H14ClF2NO3.C16H16F2N2O3.C16H16FNO4/c1-9(2)11-7-17-12(6-14(11)21)18(24)13(19(25)26)8-23(17)16-4-3-10(20)5-15(16)22;1-6(2)12-10(19)3-7-13(15(12)26-17(20)21)22(11-4-9(11)18)5-8(14(7)23)16(24)25;1-8(2)14-10-5-4-9(3)19-7-12(17(21)22)16(20)11(15(10)19)6-13(14)18;1-6(2)12-10(19)3-7-14(13(12)17)20(11-4-9(11)18)5-8(15(7)21)16(22)23;1-6(2)9-11(17)13(19)10-14(12(9)18)20(7-3-4-7)5-8(15(10)21)16(22)23;1-7(2)12-11(17)4-9-13-15(12)22-6-8(3)18(13)5-10(14(9)19)16(20)21/h3-9H,1-2H3,(H,25,26);3,5-6,9,11,17H,4H2,1-2H3,(H,24,25);6-9H,4-5H2,1-3H3,(H,21,22);3,5-6,9,11H,4H2,1-2H3,(H,22,23);5-7H,3-4,19H2,1-2H3,(H,22,23);4-5,7-8H,6H2,1-3H3,(H,20,21). The van der Waals surface area contributed by atoms with Gasteiger partial charge >= 0.3 is 42.4 Å². The summed E-state index contributed by atoms with van der Waals surface area (Å²) in [5, 5.41) is 54.3. The summed E-state index contributed by atoms with van der Waals surface area (Å²) in [6.07, 6.45) is 7.59. The topological polar surface area (TPSA) is 400 Å². The molecule has 750 valence electrons. The molecule has 13 aromatic rings. The largest absolute Gasteiger partial charge is 0.489 e. The average molecular weight is 2010 g/mol. The van der Waals surface area contributed by atoms with Crippen LogP contribution in [0, 0.1) is 52.4 Å². The number of benzene rings is 7. The third kappa shape index (κ3) is 19.5. The Hall–Kier alpha value is -14.6. The number of aromatic carboxylic acids is 6. The zero-order valence-corrected chi connectivity index (χ0v) is 78.9. The predicted molar refractivity (Wildman–Crippen MR) is 501 cm³/mol. The molecule has 41 heteroatoms. The van der Waals surface area contributed by atoms with Crippen LogP contribution in [0.4, 0.5) is 62.8 Å². The van der Waals surface area contributed by atoms with Crippen LogP contribution in [0.25, 0.3) is 71.1 Å². The first-order valence-electron chi connectivity index (χ1n) is 44.7. The summed E-state index contributed by atoms with van der Waals surface area (Å²) in [5.41, 5.74) is 0.219. The first-order valence-corrected chi connectivity index (χ1v) is 45.1. The van der Waals surface area contributed by atoms with Crippen molar-refractivity contribution in [3.05, 3.63) is 283 Å². The van der Waals surface area contributed by atoms with Gasteiger partial charge < -0.3 is 73.2 Å². The van der Waals surface area contributed by atoms with Crippen LogP contribution in [-0.4, -0.2) is 119 Å². The molecule has 27 nitrogen and oxygen atoms in total. The Morgan fingerprint density at radius 2 is 0.817 bits per heavy atom. The second-order valence-electron chi connectivity index (χ2n) is 37.0. The van der Waals surface area contributed by atoms with E-state index in [1.54, 1.807) is 60.0 Å². The number of ether oxygens (including phenoxy) is 2. The Labute approximate surface area is 800 Å². The van der Waals surface area contributed by atoms with Gasteiger partial charge in [0.25, 0.3) is 0 Å². The molecule has 0 bridgehead atoms. The van der Waals surface area contributed by atoms with Crippen molar-refractivity contribution < 1.29 is 126 Å². The summed E-state index contributed by atoms with van der Waals surface area (Å²) in [7, 11) is 0. The molecule has 3 fully saturated rings. The van der Waals surface area contributed by atoms with Crippen molar-refractivity contribution in [2.45, 2.75) is 220 Å². The van der Waals surface area contributed by atoms with E-state index in [1.165, 1.54) is 33.7 Å². The quantitative estimate of drug-likeness (QED) is 0.0310. The number of hydrogen-bond acceptors (Lipinski definition) is 15. The van der Waals surface area contributed by atoms with Crippen LogP contribution in [0.5, 0.6) is 11.5 Å². The van der Waals surface area contributed by atoms with Crippen molar-refractivity contribution in [3.63, 3.8) is 0 Å². The Morgan fingerprint density at radius 3 is 1.26 bits per heavy atom. The lowest BCUT2D eigenvalue weighted by molar-refractivity contribution is -0.0499. The number of pyridine rings is 6. The number of aromatic nitrogens is 6. The molecule has 8 N–H and O–H groups in total. The number of anilines is 1. The lowest BCUT2D eigenvalue weighted by Gasteiger charge is -2.29. The molecule has 6 atom stereocenters. The molecule has 0 radical (unpaired) electrons. The second kappa shape index (κ2) is 40.2. The number of aryl methyl sites for hydroxylation is 1. The van der Waals surface area contributed by atoms with Gasteiger partial charge in [-0.2, -0.15) is 8.78 Å². The highest BCUT2D eigenvalue weighted by atomic mass is 35.5. The van der Waals surface area contributed by atoms with Crippen LogP contribution in [0.2, 0.25) is 5.02 Å². The third-order valence-electron chi connectivity index (χ3n) is 25.2. The molecular formula is C101H93ClF13N7O20. The molecule has 0 saturated heterocycles. The number of alkyl halides is 4. The van der Waals surface area contributed by atoms with Gasteiger partial charge in [0.1, 0.15) is 98.8 Å². The fourth-order valence-corrected chi connectivity index (χ4v) is 18.5. The van der Waals surface area contributed by atoms with E-state index in [9.17, 15) is 140 Å². The number of halogens is 14. The van der Waals surface area contributed by atoms with E-state index in [-0.39, 0.29) is 142 Å². The first kappa shape index (κ1) is 105. The zero-order valence-electron chi connectivity index (χ0n) is 78.1. The fraction of sp³-hybridized carbons (Fsp3) is 0.347. The highest BCUT2D eigenvalue weighted by Crippen LogP contribution is 2.49. The summed E-state index contributed by atoms with van der Waals surface area (Å²) in [6.45, 7) is 21.7. The molecule has 18 rings (SSSR count). The number of carboxylic acids is 6. The molecule has 6 aromatic heterocycles. The highest BCUT2D eigenvalue weighted by Gasteiger charge is 2.44. The van der Waals surface area contributed by atoms with Crippen LogP contribution in [0.1, 0.15) is 296 Å². The van der Waals surface area contributed by atoms with Gasteiger partial charge in [-0.1, -0.05) is 94.7 Å².